The molecule has 98 valence electrons. The third-order valence-corrected chi connectivity index (χ3v) is 3.82. The summed E-state index contributed by atoms with van der Waals surface area (Å²) in [6.45, 7) is 0. The van der Waals surface area contributed by atoms with Gasteiger partial charge in [-0.2, -0.15) is 0 Å². The van der Waals surface area contributed by atoms with E-state index in [1.165, 1.54) is 0 Å². The van der Waals surface area contributed by atoms with Crippen LogP contribution in [0.4, 0.5) is 0 Å². The van der Waals surface area contributed by atoms with Crippen molar-refractivity contribution in [1.82, 2.24) is 0 Å². The number of methoxy groups -OCH3 is 1. The molecule has 1 atom stereocenters. The monoisotopic (exact) mass is 264 g/mol. The van der Waals surface area contributed by atoms with Crippen LogP contribution < -0.4 is 5.43 Å². The molecule has 0 saturated heterocycles. The van der Waals surface area contributed by atoms with Gasteiger partial charge in [0.25, 0.3) is 0 Å². The molecule has 20 heavy (non-hydrogen) atoms. The second-order valence-corrected chi connectivity index (χ2v) is 4.87. The minimum atomic E-state index is -0.345. The molecule has 3 aromatic rings. The minimum absolute atomic E-state index is 0.00935. The maximum atomic E-state index is 12.7. The van der Waals surface area contributed by atoms with E-state index < -0.39 is 0 Å². The Bertz CT molecular complexity index is 877. The molecule has 3 heteroatoms. The van der Waals surface area contributed by atoms with Gasteiger partial charge >= 0.3 is 0 Å². The summed E-state index contributed by atoms with van der Waals surface area (Å²) in [5.41, 5.74) is 3.14. The summed E-state index contributed by atoms with van der Waals surface area (Å²) in [4.78, 5) is 12.7. The second kappa shape index (κ2) is 4.05. The molecule has 0 amide bonds. The highest BCUT2D eigenvalue weighted by Gasteiger charge is 2.33. The van der Waals surface area contributed by atoms with Crippen molar-refractivity contribution in [3.63, 3.8) is 0 Å². The van der Waals surface area contributed by atoms with E-state index in [0.29, 0.717) is 22.3 Å². The highest BCUT2D eigenvalue weighted by atomic mass is 16.5. The number of para-hydroxylation sites is 1. The predicted octanol–water partition coefficient (Wildman–Crippen LogP) is 3.51. The van der Waals surface area contributed by atoms with Crippen LogP contribution in [-0.2, 0) is 4.74 Å². The number of hydrogen-bond donors (Lipinski definition) is 0. The molecular weight excluding hydrogens is 252 g/mol. The van der Waals surface area contributed by atoms with E-state index >= 15 is 0 Å². The van der Waals surface area contributed by atoms with Gasteiger partial charge in [0.15, 0.2) is 5.43 Å². The van der Waals surface area contributed by atoms with Gasteiger partial charge in [0.05, 0.1) is 10.9 Å². The van der Waals surface area contributed by atoms with Gasteiger partial charge in [0.1, 0.15) is 17.4 Å². The lowest BCUT2D eigenvalue weighted by Gasteiger charge is -2.10. The van der Waals surface area contributed by atoms with E-state index in [4.69, 9.17) is 9.15 Å². The van der Waals surface area contributed by atoms with Crippen LogP contribution in [0.1, 0.15) is 17.2 Å². The van der Waals surface area contributed by atoms with Crippen molar-refractivity contribution in [2.75, 3.05) is 7.11 Å². The Morgan fingerprint density at radius 2 is 1.80 bits per heavy atom. The van der Waals surface area contributed by atoms with Crippen LogP contribution in [0.2, 0.25) is 0 Å². The Labute approximate surface area is 115 Å². The molecule has 1 unspecified atom stereocenters. The molecule has 1 aliphatic rings. The molecular formula is C17H12O3. The predicted molar refractivity (Wildman–Crippen MR) is 76.8 cm³/mol. The summed E-state index contributed by atoms with van der Waals surface area (Å²) in [5.74, 6) is 0.635. The molecule has 3 nitrogen and oxygen atoms in total. The molecule has 1 aliphatic carbocycles. The zero-order valence-corrected chi connectivity index (χ0v) is 10.9. The number of benzene rings is 2. The van der Waals surface area contributed by atoms with E-state index in [-0.39, 0.29) is 11.5 Å². The van der Waals surface area contributed by atoms with Crippen LogP contribution in [0, 0.1) is 0 Å². The zero-order valence-electron chi connectivity index (χ0n) is 10.9. The quantitative estimate of drug-likeness (QED) is 0.675. The van der Waals surface area contributed by atoms with E-state index in [1.54, 1.807) is 13.2 Å². The van der Waals surface area contributed by atoms with Crippen molar-refractivity contribution in [1.29, 1.82) is 0 Å². The maximum absolute atomic E-state index is 12.7. The van der Waals surface area contributed by atoms with Crippen molar-refractivity contribution < 1.29 is 9.15 Å². The van der Waals surface area contributed by atoms with Gasteiger partial charge in [-0.1, -0.05) is 36.4 Å². The van der Waals surface area contributed by atoms with Crippen molar-refractivity contribution in [2.24, 2.45) is 0 Å². The van der Waals surface area contributed by atoms with Crippen LogP contribution in [0.5, 0.6) is 0 Å². The first-order valence-corrected chi connectivity index (χ1v) is 6.49. The number of rotatable bonds is 1. The van der Waals surface area contributed by atoms with Crippen molar-refractivity contribution in [3.8, 4) is 11.3 Å². The first-order chi connectivity index (χ1) is 9.81. The van der Waals surface area contributed by atoms with E-state index in [0.717, 1.165) is 11.1 Å². The Morgan fingerprint density at radius 1 is 1.05 bits per heavy atom. The SMILES string of the molecule is COC1c2ccccc2-c2oc3ccccc3c(=O)c21. The van der Waals surface area contributed by atoms with E-state index in [1.807, 2.05) is 42.5 Å². The summed E-state index contributed by atoms with van der Waals surface area (Å²) in [6, 6.07) is 15.1. The van der Waals surface area contributed by atoms with Gasteiger partial charge in [-0.25, -0.2) is 0 Å². The van der Waals surface area contributed by atoms with Gasteiger partial charge < -0.3 is 9.15 Å². The normalized spacial score (nSPS) is 16.1. The fourth-order valence-corrected chi connectivity index (χ4v) is 2.93. The standard InChI is InChI=1S/C17H12O3/c1-19-16-10-6-2-3-7-11(10)17-14(16)15(18)12-8-4-5-9-13(12)20-17/h2-9,16H,1H3. The van der Waals surface area contributed by atoms with Gasteiger partial charge in [-0.15, -0.1) is 0 Å². The summed E-state index contributed by atoms with van der Waals surface area (Å²) in [5, 5.41) is 0.598. The topological polar surface area (TPSA) is 39.4 Å². The average Bonchev–Trinajstić information content (AvgIpc) is 2.82. The number of ether oxygens (including phenoxy) is 1. The summed E-state index contributed by atoms with van der Waals surface area (Å²) >= 11 is 0. The highest BCUT2D eigenvalue weighted by Crippen LogP contribution is 2.44. The van der Waals surface area contributed by atoms with Crippen LogP contribution in [0.25, 0.3) is 22.3 Å². The summed E-state index contributed by atoms with van der Waals surface area (Å²) in [7, 11) is 1.62. The van der Waals surface area contributed by atoms with Crippen molar-refractivity contribution in [3.05, 3.63) is 69.9 Å². The lowest BCUT2D eigenvalue weighted by Crippen LogP contribution is -2.13. The molecule has 0 radical (unpaired) electrons. The molecule has 1 aromatic heterocycles. The first kappa shape index (κ1) is 11.4. The third kappa shape index (κ3) is 1.35. The van der Waals surface area contributed by atoms with Crippen molar-refractivity contribution >= 4 is 11.0 Å². The van der Waals surface area contributed by atoms with Gasteiger partial charge in [0.2, 0.25) is 0 Å². The highest BCUT2D eigenvalue weighted by molar-refractivity contribution is 5.84. The smallest absolute Gasteiger partial charge is 0.199 e. The van der Waals surface area contributed by atoms with Crippen LogP contribution in [0.3, 0.4) is 0 Å². The van der Waals surface area contributed by atoms with Crippen LogP contribution in [-0.4, -0.2) is 7.11 Å². The van der Waals surface area contributed by atoms with E-state index in [9.17, 15) is 4.79 Å². The second-order valence-electron chi connectivity index (χ2n) is 4.87. The third-order valence-electron chi connectivity index (χ3n) is 3.82. The van der Waals surface area contributed by atoms with Crippen molar-refractivity contribution in [2.45, 2.75) is 6.10 Å². The molecule has 0 spiro atoms. The van der Waals surface area contributed by atoms with Gasteiger partial charge in [0, 0.05) is 12.7 Å². The molecule has 0 fully saturated rings. The Morgan fingerprint density at radius 3 is 2.65 bits per heavy atom. The Balaban J connectivity index is 2.17. The molecule has 0 bridgehead atoms. The maximum Gasteiger partial charge on any atom is 0.199 e. The Hall–Kier alpha value is -2.39. The minimum Gasteiger partial charge on any atom is -0.455 e. The molecule has 4 rings (SSSR count). The van der Waals surface area contributed by atoms with Gasteiger partial charge in [-0.05, 0) is 17.7 Å². The van der Waals surface area contributed by atoms with Gasteiger partial charge in [-0.3, -0.25) is 4.79 Å². The fraction of sp³-hybridized carbons (Fsp3) is 0.118. The fourth-order valence-electron chi connectivity index (χ4n) is 2.93. The number of fused-ring (bicyclic) bond motifs is 4. The molecule has 1 heterocycles. The lowest BCUT2D eigenvalue weighted by atomic mass is 10.1. The van der Waals surface area contributed by atoms with Crippen LogP contribution in [0.15, 0.2) is 57.7 Å². The largest absolute Gasteiger partial charge is 0.455 e. The zero-order chi connectivity index (χ0) is 13.7. The summed E-state index contributed by atoms with van der Waals surface area (Å²) in [6.07, 6.45) is -0.345. The average molecular weight is 264 g/mol. The molecule has 0 N–H and O–H groups in total. The number of hydrogen-bond acceptors (Lipinski definition) is 3. The summed E-state index contributed by atoms with van der Waals surface area (Å²) < 4.78 is 11.5. The Kier molecular flexibility index (Phi) is 2.32. The molecule has 0 saturated carbocycles. The first-order valence-electron chi connectivity index (χ1n) is 6.49. The van der Waals surface area contributed by atoms with E-state index in [2.05, 4.69) is 0 Å². The van der Waals surface area contributed by atoms with Crippen LogP contribution >= 0.6 is 0 Å². The lowest BCUT2D eigenvalue weighted by molar-refractivity contribution is 0.139. The molecule has 0 aliphatic heterocycles. The molecule has 2 aromatic carbocycles.